The van der Waals surface area contributed by atoms with Crippen LogP contribution in [-0.4, -0.2) is 52.2 Å². The van der Waals surface area contributed by atoms with Gasteiger partial charge in [-0.05, 0) is 42.5 Å². The molecule has 0 aliphatic carbocycles. The second-order valence-electron chi connectivity index (χ2n) is 7.68. The number of sulfonamides is 1. The first-order valence-electron chi connectivity index (χ1n) is 9.81. The molecule has 30 heavy (non-hydrogen) atoms. The van der Waals surface area contributed by atoms with E-state index in [9.17, 15) is 13.2 Å². The highest BCUT2D eigenvalue weighted by molar-refractivity contribution is 7.99. The molecule has 10 heteroatoms. The zero-order valence-electron chi connectivity index (χ0n) is 17.2. The van der Waals surface area contributed by atoms with E-state index in [1.165, 1.54) is 11.8 Å². The van der Waals surface area contributed by atoms with Crippen molar-refractivity contribution in [2.75, 3.05) is 24.2 Å². The van der Waals surface area contributed by atoms with Crippen LogP contribution in [0.15, 0.2) is 53.3 Å². The number of nitrogens with zero attached hydrogens (tertiary/aromatic N) is 4. The van der Waals surface area contributed by atoms with Crippen molar-refractivity contribution in [3.05, 3.63) is 43.2 Å². The largest absolute Gasteiger partial charge is 0.325 e. The Morgan fingerprint density at radius 2 is 1.93 bits per heavy atom. The number of thioether (sulfide) groups is 1. The van der Waals surface area contributed by atoms with Crippen LogP contribution >= 0.6 is 11.8 Å². The first kappa shape index (κ1) is 22.5. The van der Waals surface area contributed by atoms with Crippen molar-refractivity contribution in [1.82, 2.24) is 19.1 Å². The molecule has 1 amide bonds. The Kier molecular flexibility index (Phi) is 7.32. The van der Waals surface area contributed by atoms with Gasteiger partial charge < -0.3 is 9.88 Å². The van der Waals surface area contributed by atoms with Crippen molar-refractivity contribution in [3.63, 3.8) is 0 Å². The Hall–Kier alpha value is -2.17. The Morgan fingerprint density at radius 1 is 1.27 bits per heavy atom. The fourth-order valence-corrected chi connectivity index (χ4v) is 6.01. The van der Waals surface area contributed by atoms with E-state index in [0.29, 0.717) is 42.3 Å². The molecule has 1 saturated heterocycles. The van der Waals surface area contributed by atoms with E-state index in [1.807, 2.05) is 0 Å². The molecular weight excluding hydrogens is 422 g/mol. The van der Waals surface area contributed by atoms with E-state index in [1.54, 1.807) is 45.5 Å². The summed E-state index contributed by atoms with van der Waals surface area (Å²) in [5.41, 5.74) is 0.549. The minimum absolute atomic E-state index is 0.166. The molecule has 0 bridgehead atoms. The molecule has 1 aromatic heterocycles. The fourth-order valence-electron chi connectivity index (χ4n) is 3.61. The third-order valence-electron chi connectivity index (χ3n) is 4.85. The maximum absolute atomic E-state index is 12.9. The zero-order valence-corrected chi connectivity index (χ0v) is 18.8. The van der Waals surface area contributed by atoms with Gasteiger partial charge in [-0.3, -0.25) is 4.79 Å². The standard InChI is InChI=1S/C20H27N5O3S2/c1-4-9-24-14-21-23-20(24)29-13-19(26)22-17-5-7-18(8-6-17)30(27,28)25-11-15(2)10-16(3)12-25/h4-8,14-16H,1,9-13H2,2-3H3,(H,22,26). The maximum Gasteiger partial charge on any atom is 0.243 e. The maximum atomic E-state index is 12.9. The van der Waals surface area contributed by atoms with E-state index >= 15 is 0 Å². The molecular formula is C20H27N5O3S2. The topological polar surface area (TPSA) is 97.2 Å². The van der Waals surface area contributed by atoms with E-state index in [4.69, 9.17) is 0 Å². The Balaban J connectivity index is 1.59. The second-order valence-corrected chi connectivity index (χ2v) is 10.6. The van der Waals surface area contributed by atoms with Gasteiger partial charge in [-0.2, -0.15) is 4.31 Å². The van der Waals surface area contributed by atoms with Gasteiger partial charge in [-0.1, -0.05) is 31.7 Å². The van der Waals surface area contributed by atoms with Crippen LogP contribution in [0.5, 0.6) is 0 Å². The lowest BCUT2D eigenvalue weighted by molar-refractivity contribution is -0.113. The summed E-state index contributed by atoms with van der Waals surface area (Å²) in [7, 11) is -3.53. The highest BCUT2D eigenvalue weighted by atomic mass is 32.2. The van der Waals surface area contributed by atoms with Crippen LogP contribution in [0.2, 0.25) is 0 Å². The quantitative estimate of drug-likeness (QED) is 0.492. The van der Waals surface area contributed by atoms with Crippen LogP contribution in [-0.2, 0) is 21.4 Å². The van der Waals surface area contributed by atoms with Gasteiger partial charge >= 0.3 is 0 Å². The monoisotopic (exact) mass is 449 g/mol. The predicted octanol–water partition coefficient (Wildman–Crippen LogP) is 2.86. The molecule has 0 spiro atoms. The van der Waals surface area contributed by atoms with Crippen LogP contribution in [0.4, 0.5) is 5.69 Å². The summed E-state index contributed by atoms with van der Waals surface area (Å²) in [6.45, 7) is 9.49. The van der Waals surface area contributed by atoms with Gasteiger partial charge in [0.05, 0.1) is 10.6 Å². The highest BCUT2D eigenvalue weighted by Gasteiger charge is 2.31. The summed E-state index contributed by atoms with van der Waals surface area (Å²) < 4.78 is 29.3. The van der Waals surface area contributed by atoms with Crippen LogP contribution in [0.1, 0.15) is 20.3 Å². The summed E-state index contributed by atoms with van der Waals surface area (Å²) in [4.78, 5) is 12.5. The molecule has 1 fully saturated rings. The Labute approximate surface area is 181 Å². The molecule has 1 aliphatic rings. The van der Waals surface area contributed by atoms with Crippen molar-refractivity contribution in [2.45, 2.75) is 36.9 Å². The van der Waals surface area contributed by atoms with E-state index in [2.05, 4.69) is 35.9 Å². The lowest BCUT2D eigenvalue weighted by Crippen LogP contribution is -2.42. The van der Waals surface area contributed by atoms with Crippen molar-refractivity contribution in [3.8, 4) is 0 Å². The number of rotatable bonds is 8. The third-order valence-corrected chi connectivity index (χ3v) is 7.68. The minimum atomic E-state index is -3.53. The highest BCUT2D eigenvalue weighted by Crippen LogP contribution is 2.27. The molecule has 1 aromatic carbocycles. The van der Waals surface area contributed by atoms with E-state index in [0.717, 1.165) is 6.42 Å². The van der Waals surface area contributed by atoms with Crippen LogP contribution in [0.25, 0.3) is 0 Å². The number of piperidine rings is 1. The normalized spacial score (nSPS) is 20.1. The number of carbonyl (C=O) groups excluding carboxylic acids is 1. The fraction of sp³-hybridized carbons (Fsp3) is 0.450. The van der Waals surface area contributed by atoms with Crippen molar-refractivity contribution < 1.29 is 13.2 Å². The van der Waals surface area contributed by atoms with Crippen molar-refractivity contribution >= 4 is 33.4 Å². The number of anilines is 1. The number of amides is 1. The SMILES string of the molecule is C=CCn1cnnc1SCC(=O)Nc1ccc(S(=O)(=O)N2CC(C)CC(C)C2)cc1. The summed E-state index contributed by atoms with van der Waals surface area (Å²) in [5.74, 6) is 0.649. The molecule has 0 radical (unpaired) electrons. The van der Waals surface area contributed by atoms with Crippen LogP contribution in [0.3, 0.4) is 0 Å². The smallest absolute Gasteiger partial charge is 0.243 e. The molecule has 2 unspecified atom stereocenters. The number of carbonyl (C=O) groups is 1. The molecule has 3 rings (SSSR count). The number of aromatic nitrogens is 3. The summed E-state index contributed by atoms with van der Waals surface area (Å²) in [5, 5.41) is 11.2. The van der Waals surface area contributed by atoms with E-state index in [-0.39, 0.29) is 16.6 Å². The van der Waals surface area contributed by atoms with Gasteiger partial charge in [0.25, 0.3) is 0 Å². The first-order chi connectivity index (χ1) is 14.3. The number of hydrogen-bond donors (Lipinski definition) is 1. The second kappa shape index (κ2) is 9.76. The molecule has 1 aliphatic heterocycles. The van der Waals surface area contributed by atoms with Gasteiger partial charge in [-0.15, -0.1) is 16.8 Å². The minimum Gasteiger partial charge on any atom is -0.325 e. The van der Waals surface area contributed by atoms with Crippen LogP contribution in [0, 0.1) is 11.8 Å². The number of nitrogens with one attached hydrogen (secondary N) is 1. The van der Waals surface area contributed by atoms with E-state index < -0.39 is 10.0 Å². The van der Waals surface area contributed by atoms with Gasteiger partial charge in [0.2, 0.25) is 15.9 Å². The molecule has 2 atom stereocenters. The average molecular weight is 450 g/mol. The van der Waals surface area contributed by atoms with Gasteiger partial charge in [0, 0.05) is 25.3 Å². The third kappa shape index (κ3) is 5.50. The molecule has 1 N–H and O–H groups in total. The van der Waals surface area contributed by atoms with Gasteiger partial charge in [-0.25, -0.2) is 8.42 Å². The lowest BCUT2D eigenvalue weighted by atomic mass is 9.94. The lowest BCUT2D eigenvalue weighted by Gasteiger charge is -2.34. The molecule has 2 heterocycles. The Bertz CT molecular complexity index is 978. The Morgan fingerprint density at radius 3 is 2.57 bits per heavy atom. The number of allylic oxidation sites excluding steroid dienone is 1. The molecule has 0 saturated carbocycles. The predicted molar refractivity (Wildman–Crippen MR) is 118 cm³/mol. The van der Waals surface area contributed by atoms with Gasteiger partial charge in [0.1, 0.15) is 6.33 Å². The number of benzene rings is 1. The zero-order chi connectivity index (χ0) is 21.7. The molecule has 162 valence electrons. The first-order valence-corrected chi connectivity index (χ1v) is 12.2. The molecule has 2 aromatic rings. The number of hydrogen-bond acceptors (Lipinski definition) is 6. The van der Waals surface area contributed by atoms with Crippen LogP contribution < -0.4 is 5.32 Å². The van der Waals surface area contributed by atoms with Gasteiger partial charge in [0.15, 0.2) is 5.16 Å². The summed E-state index contributed by atoms with van der Waals surface area (Å²) >= 11 is 1.27. The summed E-state index contributed by atoms with van der Waals surface area (Å²) in [6.07, 6.45) is 4.36. The average Bonchev–Trinajstić information content (AvgIpc) is 3.13. The van der Waals surface area contributed by atoms with Crippen molar-refractivity contribution in [1.29, 1.82) is 0 Å². The summed E-state index contributed by atoms with van der Waals surface area (Å²) in [6, 6.07) is 6.32. The molecule has 8 nitrogen and oxygen atoms in total. The van der Waals surface area contributed by atoms with Crippen molar-refractivity contribution in [2.24, 2.45) is 11.8 Å².